The Kier molecular flexibility index (Phi) is 4.62. The Balaban J connectivity index is 3.35. The highest BCUT2D eigenvalue weighted by Gasteiger charge is 2.32. The number of aliphatic carboxylic acids is 1. The van der Waals surface area contributed by atoms with Crippen LogP contribution in [0.5, 0.6) is 5.75 Å². The summed E-state index contributed by atoms with van der Waals surface area (Å²) in [6, 6.07) is 3.68. The molecule has 0 aliphatic rings. The summed E-state index contributed by atoms with van der Waals surface area (Å²) in [6.45, 7) is 0. The fourth-order valence-corrected chi connectivity index (χ4v) is 1.76. The average molecular weight is 294 g/mol. The Morgan fingerprint density at radius 3 is 2.53 bits per heavy atom. The van der Waals surface area contributed by atoms with Gasteiger partial charge in [-0.05, 0) is 17.7 Å². The van der Waals surface area contributed by atoms with E-state index in [0.29, 0.717) is 0 Å². The molecular weight excluding hydrogens is 287 g/mol. The van der Waals surface area contributed by atoms with E-state index in [1.807, 2.05) is 0 Å². The van der Waals surface area contributed by atoms with Crippen LogP contribution in [0, 0.1) is 11.3 Å². The number of carboxylic acid groups (broad SMARTS) is 1. The molecule has 0 bridgehead atoms. The lowest BCUT2D eigenvalue weighted by molar-refractivity contribution is -0.274. The van der Waals surface area contributed by atoms with E-state index in [1.165, 1.54) is 6.07 Å². The van der Waals surface area contributed by atoms with Crippen LogP contribution in [0.3, 0.4) is 0 Å². The van der Waals surface area contributed by atoms with Crippen LogP contribution in [0.2, 0.25) is 0 Å². The first-order valence-corrected chi connectivity index (χ1v) is 5.39. The van der Waals surface area contributed by atoms with Gasteiger partial charge < -0.3 is 9.84 Å². The molecule has 19 heavy (non-hydrogen) atoms. The third-order valence-corrected chi connectivity index (χ3v) is 2.40. The molecule has 1 N–H and O–H groups in total. The van der Waals surface area contributed by atoms with Crippen LogP contribution in [-0.2, 0) is 17.1 Å². The number of halogens is 4. The zero-order chi connectivity index (χ0) is 14.6. The van der Waals surface area contributed by atoms with Crippen LogP contribution >= 0.6 is 11.6 Å². The smallest absolute Gasteiger partial charge is 0.481 e. The quantitative estimate of drug-likeness (QED) is 0.867. The third-order valence-electron chi connectivity index (χ3n) is 2.13. The molecule has 1 rings (SSSR count). The molecule has 1 aromatic carbocycles. The molecule has 0 radical (unpaired) electrons. The van der Waals surface area contributed by atoms with Gasteiger partial charge in [0.15, 0.2) is 0 Å². The summed E-state index contributed by atoms with van der Waals surface area (Å²) in [5.41, 5.74) is -0.217. The van der Waals surface area contributed by atoms with Crippen molar-refractivity contribution in [1.29, 1.82) is 5.26 Å². The Labute approximate surface area is 111 Å². The number of hydrogen-bond acceptors (Lipinski definition) is 3. The van der Waals surface area contributed by atoms with E-state index in [9.17, 15) is 18.0 Å². The minimum Gasteiger partial charge on any atom is -0.481 e. The normalized spacial score (nSPS) is 10.9. The molecule has 0 fully saturated rings. The molecule has 0 unspecified atom stereocenters. The highest BCUT2D eigenvalue weighted by Crippen LogP contribution is 2.31. The molecule has 0 aliphatic heterocycles. The molecule has 0 saturated carbocycles. The van der Waals surface area contributed by atoms with Gasteiger partial charge in [-0.15, -0.1) is 24.8 Å². The first kappa shape index (κ1) is 15.1. The van der Waals surface area contributed by atoms with Crippen LogP contribution in [0.1, 0.15) is 16.7 Å². The number of carbonyl (C=O) groups is 1. The van der Waals surface area contributed by atoms with Gasteiger partial charge >= 0.3 is 12.3 Å². The van der Waals surface area contributed by atoms with E-state index in [-0.39, 0.29) is 22.6 Å². The molecule has 8 heteroatoms. The number of nitriles is 1. The summed E-state index contributed by atoms with van der Waals surface area (Å²) in [5, 5.41) is 17.4. The predicted molar refractivity (Wildman–Crippen MR) is 58.7 cm³/mol. The Bertz CT molecular complexity index is 537. The summed E-state index contributed by atoms with van der Waals surface area (Å²) in [6.07, 6.45) is -5.50. The van der Waals surface area contributed by atoms with Crippen molar-refractivity contribution >= 4 is 17.6 Å². The fraction of sp³-hybridized carbons (Fsp3) is 0.273. The Hall–Kier alpha value is -1.94. The lowest BCUT2D eigenvalue weighted by atomic mass is 10.0. The van der Waals surface area contributed by atoms with Gasteiger partial charge in [-0.1, -0.05) is 0 Å². The van der Waals surface area contributed by atoms with Crippen LogP contribution in [-0.4, -0.2) is 17.4 Å². The van der Waals surface area contributed by atoms with Gasteiger partial charge in [-0.3, -0.25) is 4.79 Å². The highest BCUT2D eigenvalue weighted by atomic mass is 35.5. The first-order chi connectivity index (χ1) is 8.76. The summed E-state index contributed by atoms with van der Waals surface area (Å²) in [5.74, 6) is -2.27. The second kappa shape index (κ2) is 5.80. The van der Waals surface area contributed by atoms with Gasteiger partial charge in [-0.25, -0.2) is 0 Å². The van der Waals surface area contributed by atoms with E-state index in [0.717, 1.165) is 6.07 Å². The number of alkyl halides is 4. The predicted octanol–water partition coefficient (Wildman–Crippen LogP) is 2.82. The standard InChI is InChI=1S/C11H7ClF3NO3/c12-4-8-7(3-10(17)18)1-6(5-16)2-9(8)19-11(13,14)15/h1-2H,3-4H2,(H,17,18). The van der Waals surface area contributed by atoms with Gasteiger partial charge in [0.05, 0.1) is 23.9 Å². The van der Waals surface area contributed by atoms with E-state index in [2.05, 4.69) is 4.74 Å². The molecule has 0 aromatic heterocycles. The van der Waals surface area contributed by atoms with E-state index in [1.54, 1.807) is 6.07 Å². The highest BCUT2D eigenvalue weighted by molar-refractivity contribution is 6.17. The van der Waals surface area contributed by atoms with Gasteiger partial charge in [0.2, 0.25) is 0 Å². The van der Waals surface area contributed by atoms with Crippen LogP contribution in [0.15, 0.2) is 12.1 Å². The molecule has 0 atom stereocenters. The molecule has 0 heterocycles. The summed E-state index contributed by atoms with van der Waals surface area (Å²) >= 11 is 5.52. The van der Waals surface area contributed by atoms with Crippen LogP contribution < -0.4 is 4.74 Å². The zero-order valence-electron chi connectivity index (χ0n) is 9.29. The van der Waals surface area contributed by atoms with Gasteiger partial charge in [0.25, 0.3) is 0 Å². The third kappa shape index (κ3) is 4.34. The number of rotatable bonds is 4. The molecule has 0 spiro atoms. The van der Waals surface area contributed by atoms with Crippen molar-refractivity contribution < 1.29 is 27.8 Å². The monoisotopic (exact) mass is 293 g/mol. The van der Waals surface area contributed by atoms with Crippen LogP contribution in [0.4, 0.5) is 13.2 Å². The topological polar surface area (TPSA) is 70.3 Å². The van der Waals surface area contributed by atoms with E-state index >= 15 is 0 Å². The number of carboxylic acids is 1. The maximum atomic E-state index is 12.2. The summed E-state index contributed by atoms with van der Waals surface area (Å²) in [4.78, 5) is 10.6. The van der Waals surface area contributed by atoms with Gasteiger partial charge in [-0.2, -0.15) is 5.26 Å². The fourth-order valence-electron chi connectivity index (χ4n) is 1.46. The maximum Gasteiger partial charge on any atom is 0.573 e. The van der Waals surface area contributed by atoms with Crippen molar-refractivity contribution in [2.75, 3.05) is 0 Å². The van der Waals surface area contributed by atoms with Gasteiger partial charge in [0, 0.05) is 5.56 Å². The van der Waals surface area contributed by atoms with Crippen molar-refractivity contribution in [3.05, 3.63) is 28.8 Å². The number of hydrogen-bond donors (Lipinski definition) is 1. The SMILES string of the molecule is N#Cc1cc(CC(=O)O)c(CCl)c(OC(F)(F)F)c1. The lowest BCUT2D eigenvalue weighted by Gasteiger charge is -2.15. The Morgan fingerprint density at radius 1 is 1.47 bits per heavy atom. The van der Waals surface area contributed by atoms with Gasteiger partial charge in [0.1, 0.15) is 5.75 Å². The summed E-state index contributed by atoms with van der Waals surface area (Å²) in [7, 11) is 0. The average Bonchev–Trinajstić information content (AvgIpc) is 2.25. The zero-order valence-corrected chi connectivity index (χ0v) is 10.0. The maximum absolute atomic E-state index is 12.2. The first-order valence-electron chi connectivity index (χ1n) is 4.86. The van der Waals surface area contributed by atoms with Crippen molar-refractivity contribution in [2.24, 2.45) is 0 Å². The summed E-state index contributed by atoms with van der Waals surface area (Å²) < 4.78 is 40.4. The van der Waals surface area contributed by atoms with Crippen molar-refractivity contribution in [1.82, 2.24) is 0 Å². The van der Waals surface area contributed by atoms with Crippen molar-refractivity contribution in [3.8, 4) is 11.8 Å². The molecule has 102 valence electrons. The second-order valence-electron chi connectivity index (χ2n) is 3.48. The largest absolute Gasteiger partial charge is 0.573 e. The number of ether oxygens (including phenoxy) is 1. The molecular formula is C11H7ClF3NO3. The minimum atomic E-state index is -4.95. The molecule has 0 aliphatic carbocycles. The number of benzene rings is 1. The number of nitrogens with zero attached hydrogens (tertiary/aromatic N) is 1. The molecule has 0 saturated heterocycles. The van der Waals surface area contributed by atoms with Crippen LogP contribution in [0.25, 0.3) is 0 Å². The van der Waals surface area contributed by atoms with E-state index < -0.39 is 24.5 Å². The second-order valence-corrected chi connectivity index (χ2v) is 3.74. The Morgan fingerprint density at radius 2 is 2.11 bits per heavy atom. The molecule has 1 aromatic rings. The lowest BCUT2D eigenvalue weighted by Crippen LogP contribution is -2.19. The van der Waals surface area contributed by atoms with Crippen molar-refractivity contribution in [3.63, 3.8) is 0 Å². The molecule has 4 nitrogen and oxygen atoms in total. The van der Waals surface area contributed by atoms with E-state index in [4.69, 9.17) is 22.0 Å². The minimum absolute atomic E-state index is 0.0146. The van der Waals surface area contributed by atoms with Crippen molar-refractivity contribution in [2.45, 2.75) is 18.7 Å². The molecule has 0 amide bonds.